The average molecular weight is 326 g/mol. The van der Waals surface area contributed by atoms with Crippen LogP contribution in [0.1, 0.15) is 25.7 Å². The third-order valence-electron chi connectivity index (χ3n) is 4.87. The van der Waals surface area contributed by atoms with Crippen LogP contribution in [0.2, 0.25) is 0 Å². The van der Waals surface area contributed by atoms with E-state index in [1.807, 2.05) is 24.3 Å². The van der Waals surface area contributed by atoms with Crippen LogP contribution >= 0.6 is 0 Å². The van der Waals surface area contributed by atoms with Crippen LogP contribution in [0.15, 0.2) is 47.8 Å². The number of para-hydroxylation sites is 2. The number of hydrogen-bond acceptors (Lipinski definition) is 3. The van der Waals surface area contributed by atoms with Gasteiger partial charge < -0.3 is 15.2 Å². The van der Waals surface area contributed by atoms with Crippen molar-refractivity contribution in [3.63, 3.8) is 0 Å². The van der Waals surface area contributed by atoms with E-state index in [1.54, 1.807) is 6.08 Å². The SMILES string of the molecule is FC1=CC=C(Cn2c(NC3CCNCC3)nc3ccccc32)CC1. The first-order valence-electron chi connectivity index (χ1n) is 8.76. The zero-order chi connectivity index (χ0) is 16.4. The van der Waals surface area contributed by atoms with Gasteiger partial charge in [0.2, 0.25) is 5.95 Å². The number of anilines is 1. The van der Waals surface area contributed by atoms with Gasteiger partial charge in [0.25, 0.3) is 0 Å². The summed E-state index contributed by atoms with van der Waals surface area (Å²) >= 11 is 0. The van der Waals surface area contributed by atoms with E-state index < -0.39 is 0 Å². The van der Waals surface area contributed by atoms with E-state index >= 15 is 0 Å². The number of allylic oxidation sites excluding steroid dienone is 4. The van der Waals surface area contributed by atoms with Crippen molar-refractivity contribution in [3.8, 4) is 0 Å². The van der Waals surface area contributed by atoms with Crippen molar-refractivity contribution in [3.05, 3.63) is 47.8 Å². The molecule has 0 saturated carbocycles. The van der Waals surface area contributed by atoms with Crippen LogP contribution in [0.25, 0.3) is 11.0 Å². The molecule has 4 rings (SSSR count). The summed E-state index contributed by atoms with van der Waals surface area (Å²) in [4.78, 5) is 4.80. The van der Waals surface area contributed by atoms with Gasteiger partial charge in [-0.15, -0.1) is 0 Å². The van der Waals surface area contributed by atoms with E-state index in [1.165, 1.54) is 5.57 Å². The molecule has 1 aromatic carbocycles. The average Bonchev–Trinajstić information content (AvgIpc) is 2.95. The molecule has 0 radical (unpaired) electrons. The largest absolute Gasteiger partial charge is 0.353 e. The molecule has 4 nitrogen and oxygen atoms in total. The Kier molecular flexibility index (Phi) is 4.34. The Balaban J connectivity index is 1.65. The minimum atomic E-state index is -0.0257. The number of hydrogen-bond donors (Lipinski definition) is 2. The fourth-order valence-corrected chi connectivity index (χ4v) is 3.48. The Bertz CT molecular complexity index is 784. The van der Waals surface area contributed by atoms with Crippen molar-refractivity contribution in [2.24, 2.45) is 0 Å². The fourth-order valence-electron chi connectivity index (χ4n) is 3.48. The molecule has 2 heterocycles. The van der Waals surface area contributed by atoms with Crippen LogP contribution in [0.3, 0.4) is 0 Å². The molecule has 0 spiro atoms. The van der Waals surface area contributed by atoms with E-state index in [4.69, 9.17) is 4.98 Å². The normalized spacial score (nSPS) is 19.2. The molecule has 2 N–H and O–H groups in total. The van der Waals surface area contributed by atoms with Crippen LogP contribution in [0.5, 0.6) is 0 Å². The lowest BCUT2D eigenvalue weighted by molar-refractivity contribution is 0.475. The Labute approximate surface area is 141 Å². The number of nitrogens with zero attached hydrogens (tertiary/aromatic N) is 2. The maximum Gasteiger partial charge on any atom is 0.204 e. The molecule has 0 amide bonds. The summed E-state index contributed by atoms with van der Waals surface area (Å²) in [6.07, 6.45) is 7.02. The highest BCUT2D eigenvalue weighted by Gasteiger charge is 2.18. The Morgan fingerprint density at radius 3 is 2.79 bits per heavy atom. The fraction of sp³-hybridized carbons (Fsp3) is 0.421. The standard InChI is InChI=1S/C19H23FN4/c20-15-7-5-14(6-8-15)13-24-18-4-2-1-3-17(18)23-19(24)22-16-9-11-21-12-10-16/h1-5,7,16,21H,6,8-13H2,(H,22,23). The maximum absolute atomic E-state index is 13.3. The van der Waals surface area contributed by atoms with Gasteiger partial charge >= 0.3 is 0 Å². The number of benzene rings is 1. The number of halogens is 1. The second-order valence-corrected chi connectivity index (χ2v) is 6.62. The van der Waals surface area contributed by atoms with Crippen molar-refractivity contribution < 1.29 is 4.39 Å². The molecule has 2 aliphatic rings. The lowest BCUT2D eigenvalue weighted by atomic mass is 10.0. The number of aromatic nitrogens is 2. The molecule has 0 unspecified atom stereocenters. The highest BCUT2D eigenvalue weighted by Crippen LogP contribution is 2.26. The number of fused-ring (bicyclic) bond motifs is 1. The molecule has 1 aromatic heterocycles. The Morgan fingerprint density at radius 2 is 2.00 bits per heavy atom. The first-order valence-corrected chi connectivity index (χ1v) is 8.76. The number of piperidine rings is 1. The smallest absolute Gasteiger partial charge is 0.204 e. The van der Waals surface area contributed by atoms with Gasteiger partial charge in [-0.3, -0.25) is 0 Å². The lowest BCUT2D eigenvalue weighted by Gasteiger charge is -2.25. The predicted molar refractivity (Wildman–Crippen MR) is 95.8 cm³/mol. The summed E-state index contributed by atoms with van der Waals surface area (Å²) in [6, 6.07) is 8.68. The zero-order valence-electron chi connectivity index (χ0n) is 13.8. The van der Waals surface area contributed by atoms with Crippen molar-refractivity contribution in [1.82, 2.24) is 14.9 Å². The third-order valence-corrected chi connectivity index (χ3v) is 4.87. The van der Waals surface area contributed by atoms with Crippen LogP contribution in [0, 0.1) is 0 Å². The molecule has 0 bridgehead atoms. The van der Waals surface area contributed by atoms with Crippen LogP contribution in [-0.2, 0) is 6.54 Å². The first-order chi connectivity index (χ1) is 11.8. The van der Waals surface area contributed by atoms with E-state index in [2.05, 4.69) is 21.3 Å². The Hall–Kier alpha value is -2.14. The highest BCUT2D eigenvalue weighted by atomic mass is 19.1. The minimum Gasteiger partial charge on any atom is -0.353 e. The van der Waals surface area contributed by atoms with Crippen molar-refractivity contribution in [1.29, 1.82) is 0 Å². The highest BCUT2D eigenvalue weighted by molar-refractivity contribution is 5.78. The third kappa shape index (κ3) is 3.22. The maximum atomic E-state index is 13.3. The van der Waals surface area contributed by atoms with Crippen molar-refractivity contribution >= 4 is 17.0 Å². The second-order valence-electron chi connectivity index (χ2n) is 6.62. The summed E-state index contributed by atoms with van der Waals surface area (Å²) in [5.74, 6) is 0.904. The molecule has 1 fully saturated rings. The molecule has 0 atom stereocenters. The van der Waals surface area contributed by atoms with Gasteiger partial charge in [-0.1, -0.05) is 18.2 Å². The van der Waals surface area contributed by atoms with Gasteiger partial charge in [0.05, 0.1) is 11.0 Å². The van der Waals surface area contributed by atoms with E-state index in [0.717, 1.165) is 55.9 Å². The van der Waals surface area contributed by atoms with Crippen molar-refractivity contribution in [2.45, 2.75) is 38.3 Å². The first kappa shape index (κ1) is 15.4. The van der Waals surface area contributed by atoms with Gasteiger partial charge in [0.15, 0.2) is 0 Å². The molecule has 1 saturated heterocycles. The van der Waals surface area contributed by atoms with E-state index in [0.29, 0.717) is 12.5 Å². The molecule has 24 heavy (non-hydrogen) atoms. The zero-order valence-corrected chi connectivity index (χ0v) is 13.8. The van der Waals surface area contributed by atoms with E-state index in [9.17, 15) is 4.39 Å². The van der Waals surface area contributed by atoms with Gasteiger partial charge in [0.1, 0.15) is 5.83 Å². The van der Waals surface area contributed by atoms with Gasteiger partial charge in [-0.05, 0) is 56.1 Å². The molecule has 5 heteroatoms. The van der Waals surface area contributed by atoms with Crippen LogP contribution in [0.4, 0.5) is 10.3 Å². The molecule has 126 valence electrons. The summed E-state index contributed by atoms with van der Waals surface area (Å²) in [6.45, 7) is 2.86. The summed E-state index contributed by atoms with van der Waals surface area (Å²) in [5, 5.41) is 7.03. The Morgan fingerprint density at radius 1 is 1.17 bits per heavy atom. The molecule has 2 aromatic rings. The van der Waals surface area contributed by atoms with Crippen LogP contribution in [-0.4, -0.2) is 28.7 Å². The summed E-state index contributed by atoms with van der Waals surface area (Å²) in [5.41, 5.74) is 3.38. The molecular weight excluding hydrogens is 303 g/mol. The molecular formula is C19H23FN4. The number of imidazole rings is 1. The van der Waals surface area contributed by atoms with Crippen molar-refractivity contribution in [2.75, 3.05) is 18.4 Å². The predicted octanol–water partition coefficient (Wildman–Crippen LogP) is 3.77. The quantitative estimate of drug-likeness (QED) is 0.898. The van der Waals surface area contributed by atoms with Gasteiger partial charge in [-0.2, -0.15) is 0 Å². The summed E-state index contributed by atoms with van der Waals surface area (Å²) in [7, 11) is 0. The monoisotopic (exact) mass is 326 g/mol. The topological polar surface area (TPSA) is 41.9 Å². The molecule has 1 aliphatic heterocycles. The lowest BCUT2D eigenvalue weighted by Crippen LogP contribution is -2.36. The van der Waals surface area contributed by atoms with Gasteiger partial charge in [-0.25, -0.2) is 9.37 Å². The summed E-state index contributed by atoms with van der Waals surface area (Å²) < 4.78 is 15.5. The minimum absolute atomic E-state index is 0.0257. The van der Waals surface area contributed by atoms with Crippen LogP contribution < -0.4 is 10.6 Å². The van der Waals surface area contributed by atoms with E-state index in [-0.39, 0.29) is 5.83 Å². The number of rotatable bonds is 4. The molecule has 1 aliphatic carbocycles. The second kappa shape index (κ2) is 6.77. The number of nitrogens with one attached hydrogen (secondary N) is 2. The van der Waals surface area contributed by atoms with Gasteiger partial charge in [0, 0.05) is 19.0 Å².